The number of carbonyl (C=O) groups is 1. The quantitative estimate of drug-likeness (QED) is 0.894. The summed E-state index contributed by atoms with van der Waals surface area (Å²) in [6, 6.07) is 5.65. The number of piperidine rings is 1. The van der Waals surface area contributed by atoms with E-state index in [2.05, 4.69) is 51.1 Å². The number of allylic oxidation sites excluding steroid dienone is 3. The zero-order valence-corrected chi connectivity index (χ0v) is 15.6. The van der Waals surface area contributed by atoms with Gasteiger partial charge < -0.3 is 10.2 Å². The van der Waals surface area contributed by atoms with Crippen LogP contribution in [0.2, 0.25) is 0 Å². The predicted molar refractivity (Wildman–Crippen MR) is 106 cm³/mol. The summed E-state index contributed by atoms with van der Waals surface area (Å²) in [6.07, 6.45) is 9.44. The summed E-state index contributed by atoms with van der Waals surface area (Å²) in [5.41, 5.74) is 3.52. The summed E-state index contributed by atoms with van der Waals surface area (Å²) in [7, 11) is 2.21. The zero-order chi connectivity index (χ0) is 17.7. The SMILES string of the molecule is CN1C2CCC1CC(NC(=O)C1=NN=C3CC(c4cccs4)=CC=C31)C2. The second-order valence-electron chi connectivity index (χ2n) is 7.61. The van der Waals surface area contributed by atoms with Gasteiger partial charge in [0, 0.05) is 35.0 Å². The molecule has 4 aliphatic rings. The molecule has 5 nitrogen and oxygen atoms in total. The Balaban J connectivity index is 1.29. The highest BCUT2D eigenvalue weighted by molar-refractivity contribution is 7.11. The molecule has 0 spiro atoms. The molecule has 1 aromatic heterocycles. The molecule has 5 rings (SSSR count). The van der Waals surface area contributed by atoms with Gasteiger partial charge in [0.2, 0.25) is 0 Å². The molecule has 4 heterocycles. The first-order valence-electron chi connectivity index (χ1n) is 9.32. The Kier molecular flexibility index (Phi) is 3.90. The highest BCUT2D eigenvalue weighted by Gasteiger charge is 2.39. The van der Waals surface area contributed by atoms with Gasteiger partial charge in [0.1, 0.15) is 0 Å². The van der Waals surface area contributed by atoms with Gasteiger partial charge in [0.25, 0.3) is 5.91 Å². The Bertz CT molecular complexity index is 850. The molecule has 2 bridgehead atoms. The molecule has 1 amide bonds. The first-order chi connectivity index (χ1) is 12.7. The van der Waals surface area contributed by atoms with Crippen LogP contribution in [-0.2, 0) is 4.79 Å². The summed E-state index contributed by atoms with van der Waals surface area (Å²) < 4.78 is 0. The summed E-state index contributed by atoms with van der Waals surface area (Å²) in [6.45, 7) is 0. The van der Waals surface area contributed by atoms with Gasteiger partial charge in [-0.25, -0.2) is 0 Å². The van der Waals surface area contributed by atoms with Crippen molar-refractivity contribution in [3.8, 4) is 0 Å². The van der Waals surface area contributed by atoms with Crippen molar-refractivity contribution in [2.45, 2.75) is 50.2 Å². The molecule has 0 saturated carbocycles. The molecular weight excluding hydrogens is 344 g/mol. The molecule has 2 saturated heterocycles. The lowest BCUT2D eigenvalue weighted by molar-refractivity contribution is -0.115. The lowest BCUT2D eigenvalue weighted by Gasteiger charge is -2.36. The van der Waals surface area contributed by atoms with Crippen LogP contribution in [0.4, 0.5) is 0 Å². The van der Waals surface area contributed by atoms with Crippen LogP contribution in [0.25, 0.3) is 5.57 Å². The number of fused-ring (bicyclic) bond motifs is 3. The molecule has 2 fully saturated rings. The van der Waals surface area contributed by atoms with Crippen LogP contribution >= 0.6 is 11.3 Å². The van der Waals surface area contributed by atoms with Crippen LogP contribution < -0.4 is 5.32 Å². The second-order valence-corrected chi connectivity index (χ2v) is 8.56. The van der Waals surface area contributed by atoms with E-state index in [0.29, 0.717) is 17.8 Å². The van der Waals surface area contributed by atoms with Crippen LogP contribution in [0.3, 0.4) is 0 Å². The Labute approximate surface area is 157 Å². The summed E-state index contributed by atoms with van der Waals surface area (Å²) in [5, 5.41) is 13.8. The first kappa shape index (κ1) is 16.1. The van der Waals surface area contributed by atoms with Crippen molar-refractivity contribution in [2.75, 3.05) is 7.05 Å². The monoisotopic (exact) mass is 366 g/mol. The second kappa shape index (κ2) is 6.28. The zero-order valence-electron chi connectivity index (χ0n) is 14.8. The number of carbonyl (C=O) groups excluding carboxylic acids is 1. The number of hydrogen-bond donors (Lipinski definition) is 1. The lowest BCUT2D eigenvalue weighted by atomic mass is 9.92. The third-order valence-corrected chi connectivity index (χ3v) is 7.08. The average Bonchev–Trinajstić information content (AvgIpc) is 3.34. The molecule has 0 aromatic carbocycles. The molecule has 1 aliphatic carbocycles. The number of amides is 1. The van der Waals surface area contributed by atoms with Crippen molar-refractivity contribution in [3.63, 3.8) is 0 Å². The Morgan fingerprint density at radius 3 is 2.77 bits per heavy atom. The van der Waals surface area contributed by atoms with Gasteiger partial charge in [-0.2, -0.15) is 5.10 Å². The fourth-order valence-electron chi connectivity index (χ4n) is 4.67. The van der Waals surface area contributed by atoms with Gasteiger partial charge in [0.05, 0.1) is 5.71 Å². The highest BCUT2D eigenvalue weighted by atomic mass is 32.1. The van der Waals surface area contributed by atoms with E-state index in [0.717, 1.165) is 30.5 Å². The van der Waals surface area contributed by atoms with E-state index in [9.17, 15) is 4.79 Å². The molecule has 26 heavy (non-hydrogen) atoms. The fraction of sp³-hybridized carbons (Fsp3) is 0.450. The summed E-state index contributed by atoms with van der Waals surface area (Å²) >= 11 is 1.73. The average molecular weight is 366 g/mol. The Hall–Kier alpha value is -2.05. The van der Waals surface area contributed by atoms with Crippen LogP contribution in [0.1, 0.15) is 37.0 Å². The van der Waals surface area contributed by atoms with Crippen LogP contribution in [0.15, 0.2) is 45.4 Å². The normalized spacial score (nSPS) is 30.3. The molecule has 1 aromatic rings. The van der Waals surface area contributed by atoms with Crippen molar-refractivity contribution in [3.05, 3.63) is 40.1 Å². The van der Waals surface area contributed by atoms with Gasteiger partial charge in [-0.3, -0.25) is 4.79 Å². The molecule has 0 radical (unpaired) electrons. The minimum Gasteiger partial charge on any atom is -0.348 e. The van der Waals surface area contributed by atoms with E-state index in [-0.39, 0.29) is 11.9 Å². The number of hydrogen-bond acceptors (Lipinski definition) is 5. The minimum atomic E-state index is -0.0723. The molecule has 6 heteroatoms. The van der Waals surface area contributed by atoms with Crippen molar-refractivity contribution in [1.29, 1.82) is 0 Å². The maximum atomic E-state index is 12.8. The predicted octanol–water partition coefficient (Wildman–Crippen LogP) is 3.01. The van der Waals surface area contributed by atoms with Gasteiger partial charge in [-0.05, 0) is 49.8 Å². The van der Waals surface area contributed by atoms with Crippen molar-refractivity contribution < 1.29 is 4.79 Å². The summed E-state index contributed by atoms with van der Waals surface area (Å²) in [5.74, 6) is -0.0723. The fourth-order valence-corrected chi connectivity index (χ4v) is 5.42. The van der Waals surface area contributed by atoms with E-state index in [1.807, 2.05) is 6.08 Å². The number of nitrogens with one attached hydrogen (secondary N) is 1. The van der Waals surface area contributed by atoms with Gasteiger partial charge in [-0.15, -0.1) is 16.4 Å². The Morgan fingerprint density at radius 1 is 1.23 bits per heavy atom. The smallest absolute Gasteiger partial charge is 0.272 e. The highest BCUT2D eigenvalue weighted by Crippen LogP contribution is 2.34. The van der Waals surface area contributed by atoms with E-state index >= 15 is 0 Å². The molecule has 2 unspecified atom stereocenters. The first-order valence-corrected chi connectivity index (χ1v) is 10.2. The largest absolute Gasteiger partial charge is 0.348 e. The third-order valence-electron chi connectivity index (χ3n) is 6.13. The van der Waals surface area contributed by atoms with Gasteiger partial charge in [0.15, 0.2) is 5.71 Å². The maximum absolute atomic E-state index is 12.8. The Morgan fingerprint density at radius 2 is 2.04 bits per heavy atom. The van der Waals surface area contributed by atoms with Gasteiger partial charge >= 0.3 is 0 Å². The number of thiophene rings is 1. The molecule has 134 valence electrons. The number of nitrogens with zero attached hydrogens (tertiary/aromatic N) is 3. The van der Waals surface area contributed by atoms with E-state index in [1.165, 1.54) is 23.3 Å². The lowest BCUT2D eigenvalue weighted by Crippen LogP contribution is -2.50. The third kappa shape index (κ3) is 2.68. The van der Waals surface area contributed by atoms with Crippen LogP contribution in [-0.4, -0.2) is 47.4 Å². The van der Waals surface area contributed by atoms with Crippen molar-refractivity contribution in [2.24, 2.45) is 10.2 Å². The van der Waals surface area contributed by atoms with Crippen molar-refractivity contribution >= 4 is 34.2 Å². The van der Waals surface area contributed by atoms with Crippen molar-refractivity contribution in [1.82, 2.24) is 10.2 Å². The van der Waals surface area contributed by atoms with Crippen LogP contribution in [0.5, 0.6) is 0 Å². The van der Waals surface area contributed by atoms with Crippen LogP contribution in [0, 0.1) is 0 Å². The van der Waals surface area contributed by atoms with Gasteiger partial charge in [-0.1, -0.05) is 18.2 Å². The molecule has 3 aliphatic heterocycles. The van der Waals surface area contributed by atoms with E-state index in [1.54, 1.807) is 11.3 Å². The molecule has 2 atom stereocenters. The minimum absolute atomic E-state index is 0.0723. The number of rotatable bonds is 3. The van der Waals surface area contributed by atoms with E-state index < -0.39 is 0 Å². The maximum Gasteiger partial charge on any atom is 0.272 e. The topological polar surface area (TPSA) is 57.1 Å². The standard InChI is InChI=1S/C20H22N4OS/c1-24-14-5-6-15(24)11-13(10-14)21-20(25)19-16-7-4-12(9-17(16)22-23-19)18-3-2-8-26-18/h2-4,7-8,13-15H,5-6,9-11H2,1H3,(H,21,25). The molecule has 1 N–H and O–H groups in total. The summed E-state index contributed by atoms with van der Waals surface area (Å²) in [4.78, 5) is 16.5. The molecular formula is C20H22N4OS. The van der Waals surface area contributed by atoms with E-state index in [4.69, 9.17) is 0 Å².